The van der Waals surface area contributed by atoms with Crippen molar-refractivity contribution in [2.45, 2.75) is 32.9 Å². The van der Waals surface area contributed by atoms with Crippen molar-refractivity contribution >= 4 is 20.7 Å². The van der Waals surface area contributed by atoms with Crippen LogP contribution in [0.3, 0.4) is 0 Å². The quantitative estimate of drug-likeness (QED) is 0.844. The fraction of sp³-hybridized carbons (Fsp3) is 0.533. The molecule has 0 amide bonds. The SMILES string of the molecule is CCNC(Cc1nn(CC)c2ccccc12)CS(C)(=O)=O. The van der Waals surface area contributed by atoms with Gasteiger partial charge in [0.2, 0.25) is 0 Å². The molecule has 116 valence electrons. The molecule has 1 N–H and O–H groups in total. The summed E-state index contributed by atoms with van der Waals surface area (Å²) in [5, 5.41) is 9.00. The number of fused-ring (bicyclic) bond motifs is 1. The summed E-state index contributed by atoms with van der Waals surface area (Å²) in [7, 11) is -3.01. The second kappa shape index (κ2) is 6.58. The number of aryl methyl sites for hydroxylation is 1. The predicted molar refractivity (Wildman–Crippen MR) is 86.3 cm³/mol. The predicted octanol–water partition coefficient (Wildman–Crippen LogP) is 1.62. The average Bonchev–Trinajstić information content (AvgIpc) is 2.76. The topological polar surface area (TPSA) is 64.0 Å². The lowest BCUT2D eigenvalue weighted by Gasteiger charge is -2.15. The molecule has 0 fully saturated rings. The van der Waals surface area contributed by atoms with Gasteiger partial charge in [-0.3, -0.25) is 4.68 Å². The highest BCUT2D eigenvalue weighted by Gasteiger charge is 2.18. The Kier molecular flexibility index (Phi) is 5.00. The maximum atomic E-state index is 11.6. The van der Waals surface area contributed by atoms with Gasteiger partial charge in [-0.05, 0) is 19.5 Å². The summed E-state index contributed by atoms with van der Waals surface area (Å²) in [5.74, 6) is 0.133. The Morgan fingerprint density at radius 3 is 2.62 bits per heavy atom. The highest BCUT2D eigenvalue weighted by molar-refractivity contribution is 7.90. The van der Waals surface area contributed by atoms with E-state index in [1.807, 2.05) is 35.9 Å². The van der Waals surface area contributed by atoms with Crippen molar-refractivity contribution in [2.75, 3.05) is 18.6 Å². The van der Waals surface area contributed by atoms with Crippen LogP contribution >= 0.6 is 0 Å². The largest absolute Gasteiger partial charge is 0.313 e. The zero-order chi connectivity index (χ0) is 15.5. The number of rotatable bonds is 7. The Morgan fingerprint density at radius 1 is 1.29 bits per heavy atom. The van der Waals surface area contributed by atoms with Crippen molar-refractivity contribution in [1.29, 1.82) is 0 Å². The lowest BCUT2D eigenvalue weighted by Crippen LogP contribution is -2.37. The zero-order valence-corrected chi connectivity index (χ0v) is 13.7. The number of para-hydroxylation sites is 1. The van der Waals surface area contributed by atoms with Gasteiger partial charge in [0.25, 0.3) is 0 Å². The summed E-state index contributed by atoms with van der Waals surface area (Å²) in [6.07, 6.45) is 1.90. The van der Waals surface area contributed by atoms with E-state index >= 15 is 0 Å². The van der Waals surface area contributed by atoms with E-state index in [2.05, 4.69) is 17.3 Å². The molecule has 1 heterocycles. The van der Waals surface area contributed by atoms with E-state index in [-0.39, 0.29) is 11.8 Å². The molecule has 21 heavy (non-hydrogen) atoms. The van der Waals surface area contributed by atoms with Crippen LogP contribution < -0.4 is 5.32 Å². The summed E-state index contributed by atoms with van der Waals surface area (Å²) < 4.78 is 25.1. The Labute approximate surface area is 126 Å². The van der Waals surface area contributed by atoms with E-state index < -0.39 is 9.84 Å². The van der Waals surface area contributed by atoms with Gasteiger partial charge in [-0.1, -0.05) is 25.1 Å². The second-order valence-corrected chi connectivity index (χ2v) is 7.52. The Morgan fingerprint density at radius 2 is 2.00 bits per heavy atom. The van der Waals surface area contributed by atoms with Crippen LogP contribution in [0.4, 0.5) is 0 Å². The first-order valence-corrected chi connectivity index (χ1v) is 9.36. The van der Waals surface area contributed by atoms with Crippen molar-refractivity contribution in [1.82, 2.24) is 15.1 Å². The third-order valence-corrected chi connectivity index (χ3v) is 4.48. The van der Waals surface area contributed by atoms with Gasteiger partial charge in [0.15, 0.2) is 0 Å². The molecule has 0 saturated carbocycles. The first-order valence-electron chi connectivity index (χ1n) is 7.30. The fourth-order valence-electron chi connectivity index (χ4n) is 2.67. The molecule has 0 saturated heterocycles. The Balaban J connectivity index is 2.32. The molecule has 0 bridgehead atoms. The van der Waals surface area contributed by atoms with E-state index in [1.54, 1.807) is 0 Å². The summed E-state index contributed by atoms with van der Waals surface area (Å²) >= 11 is 0. The molecule has 6 heteroatoms. The standard InChI is InChI=1S/C15H23N3O2S/c1-4-16-12(11-21(3,19)20)10-14-13-8-6-7-9-15(13)18(5-2)17-14/h6-9,12,16H,4-5,10-11H2,1-3H3. The third-order valence-electron chi connectivity index (χ3n) is 3.47. The van der Waals surface area contributed by atoms with Gasteiger partial charge in [-0.2, -0.15) is 5.10 Å². The normalized spacial score (nSPS) is 13.7. The number of aromatic nitrogens is 2. The molecular weight excluding hydrogens is 286 g/mol. The van der Waals surface area contributed by atoms with Crippen LogP contribution in [0.1, 0.15) is 19.5 Å². The van der Waals surface area contributed by atoms with Crippen molar-refractivity contribution < 1.29 is 8.42 Å². The zero-order valence-electron chi connectivity index (χ0n) is 12.8. The van der Waals surface area contributed by atoms with Gasteiger partial charge in [-0.15, -0.1) is 0 Å². The Hall–Kier alpha value is -1.40. The summed E-state index contributed by atoms with van der Waals surface area (Å²) in [6.45, 7) is 5.59. The molecule has 0 aliphatic carbocycles. The van der Waals surface area contributed by atoms with Crippen LogP contribution in [0.2, 0.25) is 0 Å². The van der Waals surface area contributed by atoms with Crippen LogP contribution in [0.5, 0.6) is 0 Å². The summed E-state index contributed by atoms with van der Waals surface area (Å²) in [5.41, 5.74) is 2.06. The second-order valence-electron chi connectivity index (χ2n) is 5.33. The van der Waals surface area contributed by atoms with Gasteiger partial charge in [0.1, 0.15) is 9.84 Å². The van der Waals surface area contributed by atoms with Crippen molar-refractivity contribution in [3.05, 3.63) is 30.0 Å². The van der Waals surface area contributed by atoms with Gasteiger partial charge >= 0.3 is 0 Å². The highest BCUT2D eigenvalue weighted by Crippen LogP contribution is 2.20. The Bertz CT molecular complexity index is 707. The van der Waals surface area contributed by atoms with Crippen LogP contribution in [-0.4, -0.2) is 42.8 Å². The van der Waals surface area contributed by atoms with Gasteiger partial charge in [-0.25, -0.2) is 8.42 Å². The molecular formula is C15H23N3O2S. The van der Waals surface area contributed by atoms with Crippen LogP contribution in [-0.2, 0) is 22.8 Å². The van der Waals surface area contributed by atoms with E-state index in [4.69, 9.17) is 0 Å². The molecule has 1 aromatic heterocycles. The van der Waals surface area contributed by atoms with Crippen molar-refractivity contribution in [3.63, 3.8) is 0 Å². The third kappa shape index (κ3) is 4.04. The molecule has 1 aromatic carbocycles. The van der Waals surface area contributed by atoms with Crippen LogP contribution in [0.25, 0.3) is 10.9 Å². The number of hydrogen-bond donors (Lipinski definition) is 1. The average molecular weight is 309 g/mol. The molecule has 1 unspecified atom stereocenters. The van der Waals surface area contributed by atoms with Crippen LogP contribution in [0, 0.1) is 0 Å². The number of likely N-dealkylation sites (N-methyl/N-ethyl adjacent to an activating group) is 1. The number of nitrogens with one attached hydrogen (secondary N) is 1. The maximum Gasteiger partial charge on any atom is 0.148 e. The number of sulfone groups is 1. The molecule has 0 aliphatic rings. The molecule has 0 radical (unpaired) electrons. The highest BCUT2D eigenvalue weighted by atomic mass is 32.2. The summed E-state index contributed by atoms with van der Waals surface area (Å²) in [4.78, 5) is 0. The monoisotopic (exact) mass is 309 g/mol. The van der Waals surface area contributed by atoms with E-state index in [9.17, 15) is 8.42 Å². The minimum absolute atomic E-state index is 0.103. The van der Waals surface area contributed by atoms with Gasteiger partial charge in [0.05, 0.1) is 17.0 Å². The first-order chi connectivity index (χ1) is 9.94. The van der Waals surface area contributed by atoms with E-state index in [1.165, 1.54) is 6.26 Å². The number of nitrogens with zero attached hydrogens (tertiary/aromatic N) is 2. The molecule has 1 atom stereocenters. The summed E-state index contributed by atoms with van der Waals surface area (Å²) in [6, 6.07) is 7.99. The molecule has 2 aromatic rings. The number of hydrogen-bond acceptors (Lipinski definition) is 4. The molecule has 2 rings (SSSR count). The minimum Gasteiger partial charge on any atom is -0.313 e. The van der Waals surface area contributed by atoms with Gasteiger partial charge < -0.3 is 5.32 Å². The van der Waals surface area contributed by atoms with Gasteiger partial charge in [0, 0.05) is 30.6 Å². The molecule has 0 aliphatic heterocycles. The minimum atomic E-state index is -3.01. The van der Waals surface area contributed by atoms with Crippen molar-refractivity contribution in [3.8, 4) is 0 Å². The first kappa shape index (κ1) is 16.0. The van der Waals surface area contributed by atoms with E-state index in [0.29, 0.717) is 6.42 Å². The lowest BCUT2D eigenvalue weighted by atomic mass is 10.1. The molecule has 5 nitrogen and oxygen atoms in total. The lowest BCUT2D eigenvalue weighted by molar-refractivity contribution is 0.537. The van der Waals surface area contributed by atoms with Crippen molar-refractivity contribution in [2.24, 2.45) is 0 Å². The maximum absolute atomic E-state index is 11.6. The number of benzene rings is 1. The van der Waals surface area contributed by atoms with Crippen LogP contribution in [0.15, 0.2) is 24.3 Å². The van der Waals surface area contributed by atoms with E-state index in [0.717, 1.165) is 29.7 Å². The fourth-order valence-corrected chi connectivity index (χ4v) is 3.63. The smallest absolute Gasteiger partial charge is 0.148 e. The molecule has 0 spiro atoms.